The number of aromatic nitrogens is 1. The lowest BCUT2D eigenvalue weighted by molar-refractivity contribution is 0.767. The molecule has 0 atom stereocenters. The number of rotatable bonds is 8. The third kappa shape index (κ3) is 6.19. The van der Waals surface area contributed by atoms with Gasteiger partial charge in [0.05, 0.1) is 22.1 Å². The van der Waals surface area contributed by atoms with Crippen molar-refractivity contribution in [3.8, 4) is 38.4 Å². The first kappa shape index (κ1) is 40.3. The van der Waals surface area contributed by atoms with E-state index in [0.717, 1.165) is 17.1 Å². The van der Waals surface area contributed by atoms with Crippen molar-refractivity contribution in [1.82, 2.24) is 4.57 Å². The summed E-state index contributed by atoms with van der Waals surface area (Å²) in [4.78, 5) is 3.69. The minimum Gasteiger partial charge on any atom is -0.309 e. The second kappa shape index (κ2) is 16.2. The predicted molar refractivity (Wildman–Crippen MR) is 297 cm³/mol. The summed E-state index contributed by atoms with van der Waals surface area (Å²) in [6, 6.07) is 98.6. The Bertz CT molecular complexity index is 4090. The van der Waals surface area contributed by atoms with E-state index < -0.39 is 5.41 Å². The van der Waals surface area contributed by atoms with E-state index >= 15 is 0 Å². The maximum atomic E-state index is 2.48. The molecule has 0 bridgehead atoms. The summed E-state index contributed by atoms with van der Waals surface area (Å²) in [6.07, 6.45) is 0. The largest absolute Gasteiger partial charge is 0.309 e. The van der Waals surface area contributed by atoms with E-state index in [4.69, 9.17) is 0 Å². The van der Waals surface area contributed by atoms with Crippen LogP contribution >= 0.6 is 11.3 Å². The van der Waals surface area contributed by atoms with Crippen molar-refractivity contribution in [2.45, 2.75) is 5.41 Å². The molecule has 0 radical (unpaired) electrons. The van der Waals surface area contributed by atoms with Gasteiger partial charge in [0, 0.05) is 32.4 Å². The number of thiophene rings is 1. The van der Waals surface area contributed by atoms with Gasteiger partial charge in [0.25, 0.3) is 0 Å². The minimum absolute atomic E-state index is 0.485. The van der Waals surface area contributed by atoms with E-state index in [2.05, 4.69) is 276 Å². The van der Waals surface area contributed by atoms with Gasteiger partial charge < -0.3 is 9.47 Å². The number of fused-ring (bicyclic) bond motifs is 8. The van der Waals surface area contributed by atoms with Crippen molar-refractivity contribution in [3.05, 3.63) is 289 Å². The topological polar surface area (TPSA) is 8.17 Å². The molecule has 1 aliphatic carbocycles. The molecule has 11 aromatic carbocycles. The van der Waals surface area contributed by atoms with Crippen molar-refractivity contribution < 1.29 is 0 Å². The molecule has 1 aliphatic rings. The van der Waals surface area contributed by atoms with Crippen LogP contribution in [0, 0.1) is 0 Å². The number of anilines is 3. The van der Waals surface area contributed by atoms with Gasteiger partial charge >= 0.3 is 0 Å². The number of nitrogens with zero attached hydrogens (tertiary/aromatic N) is 2. The van der Waals surface area contributed by atoms with Crippen LogP contribution in [-0.2, 0) is 5.41 Å². The van der Waals surface area contributed by atoms with Crippen LogP contribution in [0.3, 0.4) is 0 Å². The molecule has 0 saturated heterocycles. The van der Waals surface area contributed by atoms with Gasteiger partial charge in [-0.15, -0.1) is 11.3 Å². The standard InChI is InChI=1S/C67H44N2S/c1-4-19-46(20-5-1)65-40-41-66(70-65)69(51-34-32-45-18-10-11-21-47(45)42-51)63-39-37-53(54-26-12-13-28-57(54)63)48-33-38-64-59(43-48)58-29-15-17-31-62(58)68(64)52-35-36-56-55-27-14-16-30-60(55)67(61(56)44-52,49-22-6-2-7-23-49)50-24-8-3-9-25-50/h1-44H. The van der Waals surface area contributed by atoms with E-state index in [1.54, 1.807) is 0 Å². The third-order valence-corrected chi connectivity index (χ3v) is 15.8. The maximum absolute atomic E-state index is 2.48. The Labute approximate surface area is 411 Å². The Morgan fingerprint density at radius 3 is 1.79 bits per heavy atom. The maximum Gasteiger partial charge on any atom is 0.101 e. The minimum atomic E-state index is -0.485. The lowest BCUT2D eigenvalue weighted by Crippen LogP contribution is -2.28. The zero-order valence-corrected chi connectivity index (χ0v) is 39.0. The van der Waals surface area contributed by atoms with Crippen LogP contribution < -0.4 is 4.90 Å². The highest BCUT2D eigenvalue weighted by Crippen LogP contribution is 2.57. The van der Waals surface area contributed by atoms with Gasteiger partial charge in [0.15, 0.2) is 0 Å². The highest BCUT2D eigenvalue weighted by molar-refractivity contribution is 7.19. The Balaban J connectivity index is 0.934. The quantitative estimate of drug-likeness (QED) is 0.147. The highest BCUT2D eigenvalue weighted by Gasteiger charge is 2.46. The molecule has 14 rings (SSSR count). The first-order valence-electron chi connectivity index (χ1n) is 24.1. The second-order valence-electron chi connectivity index (χ2n) is 18.4. The summed E-state index contributed by atoms with van der Waals surface area (Å²) >= 11 is 1.83. The summed E-state index contributed by atoms with van der Waals surface area (Å²) in [5.41, 5.74) is 16.6. The van der Waals surface area contributed by atoms with Crippen LogP contribution in [0.5, 0.6) is 0 Å². The smallest absolute Gasteiger partial charge is 0.101 e. The summed E-state index contributed by atoms with van der Waals surface area (Å²) < 4.78 is 2.48. The predicted octanol–water partition coefficient (Wildman–Crippen LogP) is 18.3. The van der Waals surface area contributed by atoms with Crippen LogP contribution in [0.4, 0.5) is 16.4 Å². The van der Waals surface area contributed by atoms with Gasteiger partial charge in [-0.1, -0.05) is 206 Å². The molecule has 0 N–H and O–H groups in total. The zero-order chi connectivity index (χ0) is 46.2. The molecule has 13 aromatic rings. The molecule has 70 heavy (non-hydrogen) atoms. The van der Waals surface area contributed by atoms with E-state index in [9.17, 15) is 0 Å². The molecular weight excluding hydrogens is 865 g/mol. The van der Waals surface area contributed by atoms with Gasteiger partial charge in [0.1, 0.15) is 5.00 Å². The van der Waals surface area contributed by atoms with Gasteiger partial charge in [-0.2, -0.15) is 0 Å². The van der Waals surface area contributed by atoms with Crippen LogP contribution in [0.15, 0.2) is 267 Å². The number of hydrogen-bond donors (Lipinski definition) is 0. The Hall–Kier alpha value is -8.76. The third-order valence-electron chi connectivity index (χ3n) is 14.7. The lowest BCUT2D eigenvalue weighted by atomic mass is 9.67. The summed E-state index contributed by atoms with van der Waals surface area (Å²) in [5, 5.41) is 8.49. The van der Waals surface area contributed by atoms with Gasteiger partial charge in [-0.25, -0.2) is 0 Å². The van der Waals surface area contributed by atoms with Crippen molar-refractivity contribution in [1.29, 1.82) is 0 Å². The van der Waals surface area contributed by atoms with E-state index in [0.29, 0.717) is 0 Å². The first-order valence-corrected chi connectivity index (χ1v) is 24.9. The van der Waals surface area contributed by atoms with Crippen molar-refractivity contribution in [2.75, 3.05) is 4.90 Å². The molecule has 328 valence electrons. The van der Waals surface area contributed by atoms with E-state index in [1.807, 2.05) is 11.3 Å². The average Bonchev–Trinajstić information content (AvgIpc) is 4.14. The molecule has 3 heteroatoms. The van der Waals surface area contributed by atoms with Crippen LogP contribution in [0.25, 0.3) is 81.7 Å². The number of benzene rings is 11. The fourth-order valence-corrected chi connectivity index (χ4v) is 12.7. The van der Waals surface area contributed by atoms with Crippen molar-refractivity contribution >= 4 is 71.1 Å². The summed E-state index contributed by atoms with van der Waals surface area (Å²) in [6.45, 7) is 0. The average molecular weight is 909 g/mol. The fraction of sp³-hybridized carbons (Fsp3) is 0.0149. The van der Waals surface area contributed by atoms with Gasteiger partial charge in [-0.05, 0) is 127 Å². The Morgan fingerprint density at radius 1 is 0.357 bits per heavy atom. The zero-order valence-electron chi connectivity index (χ0n) is 38.2. The lowest BCUT2D eigenvalue weighted by Gasteiger charge is -2.34. The molecule has 0 spiro atoms. The molecule has 2 aromatic heterocycles. The molecule has 0 saturated carbocycles. The fourth-order valence-electron chi connectivity index (χ4n) is 11.6. The Morgan fingerprint density at radius 2 is 0.986 bits per heavy atom. The molecule has 2 heterocycles. The molecular formula is C67H44N2S. The SMILES string of the molecule is c1ccc(-c2ccc(N(c3ccc4ccccc4c3)c3ccc(-c4ccc5c(c4)c4ccccc4n5-c4ccc5c(c4)C(c4ccccc4)(c4ccccc4)c4ccccc4-5)c4ccccc34)s2)cc1. The number of para-hydroxylation sites is 1. The Kier molecular flexibility index (Phi) is 9.33. The molecule has 0 aliphatic heterocycles. The molecule has 0 unspecified atom stereocenters. The van der Waals surface area contributed by atoms with Gasteiger partial charge in [-0.3, -0.25) is 0 Å². The van der Waals surface area contributed by atoms with Crippen LogP contribution in [0.2, 0.25) is 0 Å². The second-order valence-corrected chi connectivity index (χ2v) is 19.5. The van der Waals surface area contributed by atoms with Crippen molar-refractivity contribution in [2.24, 2.45) is 0 Å². The number of hydrogen-bond acceptors (Lipinski definition) is 2. The normalized spacial score (nSPS) is 12.7. The highest BCUT2D eigenvalue weighted by atomic mass is 32.1. The summed E-state index contributed by atoms with van der Waals surface area (Å²) in [5.74, 6) is 0. The molecule has 0 fully saturated rings. The molecule has 0 amide bonds. The van der Waals surface area contributed by atoms with Crippen LogP contribution in [0.1, 0.15) is 22.3 Å². The van der Waals surface area contributed by atoms with E-state index in [-0.39, 0.29) is 0 Å². The van der Waals surface area contributed by atoms with Gasteiger partial charge in [0.2, 0.25) is 0 Å². The van der Waals surface area contributed by atoms with Crippen LogP contribution in [-0.4, -0.2) is 4.57 Å². The van der Waals surface area contributed by atoms with Crippen molar-refractivity contribution in [3.63, 3.8) is 0 Å². The first-order chi connectivity index (χ1) is 34.7. The monoisotopic (exact) mass is 908 g/mol. The summed E-state index contributed by atoms with van der Waals surface area (Å²) in [7, 11) is 0. The van der Waals surface area contributed by atoms with E-state index in [1.165, 1.54) is 103 Å². The molecule has 2 nitrogen and oxygen atoms in total.